The molecule has 0 unspecified atom stereocenters. The maximum absolute atomic E-state index is 13.1. The lowest BCUT2D eigenvalue weighted by Crippen LogP contribution is -2.48. The molecule has 9 nitrogen and oxygen atoms in total. The van der Waals surface area contributed by atoms with Crippen LogP contribution in [0.25, 0.3) is 0 Å². The summed E-state index contributed by atoms with van der Waals surface area (Å²) in [5.74, 6) is -0.319. The minimum Gasteiger partial charge on any atom is -0.465 e. The number of unbranched alkanes of at least 4 members (excludes halogenated alkanes) is 15. The van der Waals surface area contributed by atoms with Crippen molar-refractivity contribution in [2.45, 2.75) is 154 Å². The van der Waals surface area contributed by atoms with Crippen molar-refractivity contribution < 1.29 is 28.7 Å². The average Bonchev–Trinajstić information content (AvgIpc) is 3.22. The number of benzene rings is 3. The number of anilines is 1. The Morgan fingerprint density at radius 2 is 1.11 bits per heavy atom. The lowest BCUT2D eigenvalue weighted by atomic mass is 10.0. The van der Waals surface area contributed by atoms with Crippen LogP contribution in [0, 0.1) is 0 Å². The van der Waals surface area contributed by atoms with E-state index in [9.17, 15) is 19.2 Å². The molecule has 9 heteroatoms. The standard InChI is InChI=1S/C48H69N3O6/c1-2-3-4-5-6-7-10-13-22-29-45(52)51-44(38-41-25-18-16-19-26-41)47(54)49-36-24-15-12-9-8-11-14-23-30-46(53)56-37-35-40-31-33-43(34-32-40)50-48(55)57-39-42-27-20-17-21-28-42/h16-21,25-28,31-34,44H,2-15,22-24,29-30,35-39H2,1H3,(H,49,54)(H,50,55)(H,51,52)/t44-/m0/s1. The molecule has 0 saturated carbocycles. The summed E-state index contributed by atoms with van der Waals surface area (Å²) >= 11 is 0. The molecule has 0 fully saturated rings. The van der Waals surface area contributed by atoms with E-state index in [-0.39, 0.29) is 24.4 Å². The van der Waals surface area contributed by atoms with Gasteiger partial charge in [0, 0.05) is 37.9 Å². The number of amides is 3. The van der Waals surface area contributed by atoms with E-state index in [0.717, 1.165) is 80.9 Å². The average molecular weight is 784 g/mol. The summed E-state index contributed by atoms with van der Waals surface area (Å²) in [7, 11) is 0. The quantitative estimate of drug-likeness (QED) is 0.0441. The second-order valence-corrected chi connectivity index (χ2v) is 15.1. The maximum atomic E-state index is 13.1. The molecule has 0 aliphatic carbocycles. The Hall–Kier alpha value is -4.66. The van der Waals surface area contributed by atoms with Crippen LogP contribution in [0.2, 0.25) is 0 Å². The molecule has 1 atom stereocenters. The van der Waals surface area contributed by atoms with Gasteiger partial charge in [-0.1, -0.05) is 170 Å². The third kappa shape index (κ3) is 23.2. The molecule has 0 bridgehead atoms. The van der Waals surface area contributed by atoms with E-state index in [1.807, 2.05) is 84.9 Å². The predicted octanol–water partition coefficient (Wildman–Crippen LogP) is 10.8. The Labute approximate surface area is 342 Å². The molecular formula is C48H69N3O6. The van der Waals surface area contributed by atoms with Gasteiger partial charge in [0.2, 0.25) is 11.8 Å². The fraction of sp³-hybridized carbons (Fsp3) is 0.542. The van der Waals surface area contributed by atoms with Crippen LogP contribution in [0.1, 0.15) is 146 Å². The predicted molar refractivity (Wildman–Crippen MR) is 230 cm³/mol. The molecule has 0 saturated heterocycles. The van der Waals surface area contributed by atoms with Gasteiger partial charge in [0.25, 0.3) is 0 Å². The Bertz CT molecular complexity index is 1520. The number of hydrogen-bond donors (Lipinski definition) is 3. The van der Waals surface area contributed by atoms with Gasteiger partial charge in [-0.2, -0.15) is 0 Å². The van der Waals surface area contributed by atoms with Crippen molar-refractivity contribution in [1.82, 2.24) is 10.6 Å². The first-order chi connectivity index (χ1) is 27.9. The highest BCUT2D eigenvalue weighted by Crippen LogP contribution is 2.14. The van der Waals surface area contributed by atoms with Crippen LogP contribution in [0.3, 0.4) is 0 Å². The summed E-state index contributed by atoms with van der Waals surface area (Å²) in [6, 6.07) is 26.3. The fourth-order valence-electron chi connectivity index (χ4n) is 6.70. The summed E-state index contributed by atoms with van der Waals surface area (Å²) in [6.07, 6.45) is 20.6. The van der Waals surface area contributed by atoms with E-state index in [2.05, 4.69) is 22.9 Å². The third-order valence-electron chi connectivity index (χ3n) is 10.1. The number of carbonyl (C=O) groups excluding carboxylic acids is 4. The molecule has 0 aliphatic rings. The van der Waals surface area contributed by atoms with Crippen molar-refractivity contribution in [2.75, 3.05) is 18.5 Å². The van der Waals surface area contributed by atoms with E-state index in [0.29, 0.717) is 44.5 Å². The summed E-state index contributed by atoms with van der Waals surface area (Å²) in [5.41, 5.74) is 3.62. The Balaban J connectivity index is 1.16. The van der Waals surface area contributed by atoms with Gasteiger partial charge < -0.3 is 20.1 Å². The molecular weight excluding hydrogens is 715 g/mol. The SMILES string of the molecule is CCCCCCCCCCCC(=O)N[C@@H](Cc1ccccc1)C(=O)NCCCCCCCCCCC(=O)OCCc1ccc(NC(=O)OCc2ccccc2)cc1. The molecule has 0 heterocycles. The molecule has 57 heavy (non-hydrogen) atoms. The molecule has 3 aromatic carbocycles. The first-order valence-electron chi connectivity index (χ1n) is 21.8. The van der Waals surface area contributed by atoms with Gasteiger partial charge in [-0.3, -0.25) is 19.7 Å². The topological polar surface area (TPSA) is 123 Å². The number of nitrogens with one attached hydrogen (secondary N) is 3. The van der Waals surface area contributed by atoms with Crippen molar-refractivity contribution in [2.24, 2.45) is 0 Å². The van der Waals surface area contributed by atoms with E-state index in [1.54, 1.807) is 0 Å². The molecule has 0 radical (unpaired) electrons. The van der Waals surface area contributed by atoms with Gasteiger partial charge in [-0.15, -0.1) is 0 Å². The summed E-state index contributed by atoms with van der Waals surface area (Å²) in [6.45, 7) is 3.38. The highest BCUT2D eigenvalue weighted by Gasteiger charge is 2.21. The van der Waals surface area contributed by atoms with Crippen molar-refractivity contribution in [3.05, 3.63) is 102 Å². The maximum Gasteiger partial charge on any atom is 0.411 e. The molecule has 3 aromatic rings. The van der Waals surface area contributed by atoms with Crippen molar-refractivity contribution >= 4 is 29.6 Å². The first kappa shape index (κ1) is 46.7. The van der Waals surface area contributed by atoms with Crippen LogP contribution in [0.4, 0.5) is 10.5 Å². The molecule has 3 N–H and O–H groups in total. The van der Waals surface area contributed by atoms with Crippen LogP contribution in [0.5, 0.6) is 0 Å². The Kier molecular flexibility index (Phi) is 25.0. The van der Waals surface area contributed by atoms with Gasteiger partial charge in [-0.05, 0) is 48.1 Å². The van der Waals surface area contributed by atoms with Gasteiger partial charge >= 0.3 is 12.1 Å². The van der Waals surface area contributed by atoms with Crippen LogP contribution < -0.4 is 16.0 Å². The first-order valence-corrected chi connectivity index (χ1v) is 21.8. The summed E-state index contributed by atoms with van der Waals surface area (Å²) < 4.78 is 10.7. The van der Waals surface area contributed by atoms with Crippen molar-refractivity contribution in [3.63, 3.8) is 0 Å². The molecule has 0 aliphatic heterocycles. The smallest absolute Gasteiger partial charge is 0.411 e. The normalized spacial score (nSPS) is 11.4. The van der Waals surface area contributed by atoms with Crippen LogP contribution in [-0.4, -0.2) is 43.1 Å². The Morgan fingerprint density at radius 3 is 1.72 bits per heavy atom. The van der Waals surface area contributed by atoms with E-state index >= 15 is 0 Å². The lowest BCUT2D eigenvalue weighted by Gasteiger charge is -2.19. The van der Waals surface area contributed by atoms with Crippen molar-refractivity contribution in [1.29, 1.82) is 0 Å². The molecule has 0 spiro atoms. The highest BCUT2D eigenvalue weighted by atomic mass is 16.5. The second kappa shape index (κ2) is 30.5. The monoisotopic (exact) mass is 784 g/mol. The van der Waals surface area contributed by atoms with Crippen LogP contribution in [0.15, 0.2) is 84.9 Å². The molecule has 312 valence electrons. The zero-order chi connectivity index (χ0) is 40.6. The van der Waals surface area contributed by atoms with Gasteiger partial charge in [0.15, 0.2) is 0 Å². The molecule has 0 aromatic heterocycles. The minimum atomic E-state index is -0.568. The largest absolute Gasteiger partial charge is 0.465 e. The van der Waals surface area contributed by atoms with E-state index < -0.39 is 12.1 Å². The number of ether oxygens (including phenoxy) is 2. The summed E-state index contributed by atoms with van der Waals surface area (Å²) in [4.78, 5) is 50.2. The number of carbonyl (C=O) groups is 4. The third-order valence-corrected chi connectivity index (χ3v) is 10.1. The number of rotatable bonds is 31. The minimum absolute atomic E-state index is 0.0418. The van der Waals surface area contributed by atoms with Crippen molar-refractivity contribution in [3.8, 4) is 0 Å². The highest BCUT2D eigenvalue weighted by molar-refractivity contribution is 5.88. The van der Waals surface area contributed by atoms with Gasteiger partial charge in [0.1, 0.15) is 12.6 Å². The van der Waals surface area contributed by atoms with E-state index in [4.69, 9.17) is 9.47 Å². The second-order valence-electron chi connectivity index (χ2n) is 15.1. The van der Waals surface area contributed by atoms with Crippen LogP contribution >= 0.6 is 0 Å². The fourth-order valence-corrected chi connectivity index (χ4v) is 6.70. The zero-order valence-electron chi connectivity index (χ0n) is 34.6. The summed E-state index contributed by atoms with van der Waals surface area (Å²) in [5, 5.41) is 8.81. The van der Waals surface area contributed by atoms with Gasteiger partial charge in [-0.25, -0.2) is 4.79 Å². The zero-order valence-corrected chi connectivity index (χ0v) is 34.6. The van der Waals surface area contributed by atoms with Gasteiger partial charge in [0.05, 0.1) is 6.61 Å². The van der Waals surface area contributed by atoms with E-state index in [1.165, 1.54) is 44.9 Å². The van der Waals surface area contributed by atoms with Crippen LogP contribution in [-0.2, 0) is 43.3 Å². The number of hydrogen-bond acceptors (Lipinski definition) is 6. The molecule has 3 rings (SSSR count). The lowest BCUT2D eigenvalue weighted by molar-refractivity contribution is -0.143. The number of esters is 1. The Morgan fingerprint density at radius 1 is 0.561 bits per heavy atom. The molecule has 3 amide bonds.